The van der Waals surface area contributed by atoms with Crippen LogP contribution >= 0.6 is 11.3 Å². The highest BCUT2D eigenvalue weighted by atomic mass is 32.1. The zero-order chi connectivity index (χ0) is 18.0. The summed E-state index contributed by atoms with van der Waals surface area (Å²) in [6, 6.07) is 6.95. The number of aryl methyl sites for hydroxylation is 3. The Balaban J connectivity index is 1.64. The quantitative estimate of drug-likeness (QED) is 0.656. The molecule has 25 heavy (non-hydrogen) atoms. The molecule has 1 aromatic carbocycles. The number of hydrogen-bond donors (Lipinski definition) is 1. The maximum absolute atomic E-state index is 12.3. The van der Waals surface area contributed by atoms with Gasteiger partial charge in [0, 0.05) is 22.5 Å². The molecule has 0 spiro atoms. The highest BCUT2D eigenvalue weighted by Crippen LogP contribution is 2.25. The smallest absolute Gasteiger partial charge is 0.348 e. The van der Waals surface area contributed by atoms with E-state index in [-0.39, 0.29) is 18.3 Å². The van der Waals surface area contributed by atoms with E-state index < -0.39 is 5.97 Å². The lowest BCUT2D eigenvalue weighted by atomic mass is 9.99. The van der Waals surface area contributed by atoms with Gasteiger partial charge in [-0.1, -0.05) is 6.92 Å². The van der Waals surface area contributed by atoms with E-state index in [1.54, 1.807) is 18.2 Å². The van der Waals surface area contributed by atoms with Gasteiger partial charge in [-0.15, -0.1) is 11.3 Å². The van der Waals surface area contributed by atoms with Gasteiger partial charge >= 0.3 is 5.97 Å². The number of benzene rings is 1. The summed E-state index contributed by atoms with van der Waals surface area (Å²) in [5.41, 5.74) is 3.28. The second-order valence-corrected chi connectivity index (χ2v) is 7.22. The molecule has 2 heterocycles. The van der Waals surface area contributed by atoms with Crippen LogP contribution < -0.4 is 5.32 Å². The molecule has 0 saturated carbocycles. The Bertz CT molecular complexity index is 853. The molecule has 1 amide bonds. The number of thiophene rings is 1. The monoisotopic (exact) mass is 357 g/mol. The second-order valence-electron chi connectivity index (χ2n) is 5.97. The van der Waals surface area contributed by atoms with Crippen LogP contribution in [0, 0.1) is 6.92 Å². The molecular formula is C19H19NO4S. The van der Waals surface area contributed by atoms with Gasteiger partial charge in [-0.2, -0.15) is 0 Å². The summed E-state index contributed by atoms with van der Waals surface area (Å²) < 4.78 is 5.17. The maximum Gasteiger partial charge on any atom is 0.348 e. The molecule has 3 rings (SSSR count). The first-order valence-electron chi connectivity index (χ1n) is 8.20. The van der Waals surface area contributed by atoms with Gasteiger partial charge in [-0.05, 0) is 55.2 Å². The van der Waals surface area contributed by atoms with E-state index >= 15 is 0 Å². The Morgan fingerprint density at radius 3 is 2.76 bits per heavy atom. The van der Waals surface area contributed by atoms with Crippen LogP contribution in [-0.2, 0) is 22.4 Å². The lowest BCUT2D eigenvalue weighted by molar-refractivity contribution is -0.116. The summed E-state index contributed by atoms with van der Waals surface area (Å²) in [6.45, 7) is 3.71. The van der Waals surface area contributed by atoms with Crippen LogP contribution in [0.4, 0.5) is 5.69 Å². The largest absolute Gasteiger partial charge is 0.453 e. The van der Waals surface area contributed by atoms with Crippen molar-refractivity contribution in [3.05, 3.63) is 50.7 Å². The zero-order valence-electron chi connectivity index (χ0n) is 14.2. The van der Waals surface area contributed by atoms with Crippen LogP contribution in [-0.4, -0.2) is 24.3 Å². The first kappa shape index (κ1) is 17.4. The Kier molecular flexibility index (Phi) is 4.99. The minimum absolute atomic E-state index is 0.0156. The van der Waals surface area contributed by atoms with Crippen LogP contribution in [0.5, 0.6) is 0 Å². The van der Waals surface area contributed by atoms with Crippen LogP contribution in [0.3, 0.4) is 0 Å². The highest BCUT2D eigenvalue weighted by molar-refractivity contribution is 7.14. The molecule has 0 unspecified atom stereocenters. The van der Waals surface area contributed by atoms with E-state index in [9.17, 15) is 14.4 Å². The van der Waals surface area contributed by atoms with Gasteiger partial charge in [0.1, 0.15) is 4.88 Å². The summed E-state index contributed by atoms with van der Waals surface area (Å²) in [5, 5.41) is 2.78. The van der Waals surface area contributed by atoms with Crippen molar-refractivity contribution in [2.75, 3.05) is 11.9 Å². The van der Waals surface area contributed by atoms with Crippen molar-refractivity contribution in [2.45, 2.75) is 33.1 Å². The van der Waals surface area contributed by atoms with E-state index in [4.69, 9.17) is 4.74 Å². The summed E-state index contributed by atoms with van der Waals surface area (Å²) in [4.78, 5) is 37.4. The molecule has 1 aromatic heterocycles. The van der Waals surface area contributed by atoms with Crippen molar-refractivity contribution in [1.82, 2.24) is 0 Å². The van der Waals surface area contributed by atoms with Gasteiger partial charge in [0.05, 0.1) is 0 Å². The number of carbonyl (C=O) groups is 3. The molecule has 0 aliphatic carbocycles. The van der Waals surface area contributed by atoms with Gasteiger partial charge in [0.15, 0.2) is 12.4 Å². The third kappa shape index (κ3) is 3.79. The van der Waals surface area contributed by atoms with Crippen LogP contribution in [0.15, 0.2) is 24.3 Å². The van der Waals surface area contributed by atoms with Gasteiger partial charge in [-0.3, -0.25) is 9.59 Å². The molecule has 5 nitrogen and oxygen atoms in total. The molecule has 6 heteroatoms. The van der Waals surface area contributed by atoms with Crippen LogP contribution in [0.2, 0.25) is 0 Å². The Hall–Kier alpha value is -2.47. The maximum atomic E-state index is 12.3. The third-order valence-electron chi connectivity index (χ3n) is 4.26. The molecule has 0 atom stereocenters. The molecule has 1 N–H and O–H groups in total. The first-order chi connectivity index (χ1) is 12.0. The lowest BCUT2D eigenvalue weighted by Crippen LogP contribution is -2.20. The molecule has 0 fully saturated rings. The second kappa shape index (κ2) is 7.19. The number of ether oxygens (including phenoxy) is 1. The summed E-state index contributed by atoms with van der Waals surface area (Å²) in [5.74, 6) is -0.735. The number of hydrogen-bond acceptors (Lipinski definition) is 5. The van der Waals surface area contributed by atoms with Crippen molar-refractivity contribution in [3.63, 3.8) is 0 Å². The molecule has 0 saturated heterocycles. The summed E-state index contributed by atoms with van der Waals surface area (Å²) in [6.07, 6.45) is 1.88. The number of carbonyl (C=O) groups excluding carboxylic acids is 3. The average molecular weight is 357 g/mol. The van der Waals surface area contributed by atoms with E-state index in [1.165, 1.54) is 11.3 Å². The molecule has 1 aliphatic heterocycles. The fraction of sp³-hybridized carbons (Fsp3) is 0.316. The van der Waals surface area contributed by atoms with E-state index in [1.807, 2.05) is 19.9 Å². The Morgan fingerprint density at radius 1 is 1.24 bits per heavy atom. The first-order valence-corrected chi connectivity index (χ1v) is 9.02. The number of esters is 1. The number of ketones is 1. The van der Waals surface area contributed by atoms with Gasteiger partial charge in [-0.25, -0.2) is 4.79 Å². The van der Waals surface area contributed by atoms with E-state index in [2.05, 4.69) is 5.32 Å². The molecule has 2 aromatic rings. The third-order valence-corrected chi connectivity index (χ3v) is 5.33. The highest BCUT2D eigenvalue weighted by Gasteiger charge is 2.18. The van der Waals surface area contributed by atoms with E-state index in [0.717, 1.165) is 28.1 Å². The van der Waals surface area contributed by atoms with Crippen LogP contribution in [0.25, 0.3) is 0 Å². The summed E-state index contributed by atoms with van der Waals surface area (Å²) in [7, 11) is 0. The molecule has 1 aliphatic rings. The normalized spacial score (nSPS) is 13.1. The number of nitrogens with one attached hydrogen (secondary N) is 1. The number of fused-ring (bicyclic) bond motifs is 1. The fourth-order valence-corrected chi connectivity index (χ4v) is 3.82. The van der Waals surface area contributed by atoms with Gasteiger partial charge < -0.3 is 10.1 Å². The van der Waals surface area contributed by atoms with Crippen LogP contribution in [0.1, 0.15) is 49.4 Å². The lowest BCUT2D eigenvalue weighted by Gasteiger charge is -2.17. The number of rotatable bonds is 5. The number of Topliss-reactive ketones (excluding diaryl/α,β-unsaturated/α-hetero) is 1. The van der Waals surface area contributed by atoms with Crippen molar-refractivity contribution in [1.29, 1.82) is 0 Å². The average Bonchev–Trinajstić information content (AvgIpc) is 2.99. The molecule has 0 radical (unpaired) electrons. The van der Waals surface area contributed by atoms with E-state index in [0.29, 0.717) is 23.3 Å². The molecule has 130 valence electrons. The predicted molar refractivity (Wildman–Crippen MR) is 96.4 cm³/mol. The minimum atomic E-state index is -0.466. The van der Waals surface area contributed by atoms with Gasteiger partial charge in [0.2, 0.25) is 5.91 Å². The topological polar surface area (TPSA) is 72.5 Å². The Labute approximate surface area is 150 Å². The molecular weight excluding hydrogens is 338 g/mol. The number of anilines is 1. The van der Waals surface area contributed by atoms with Crippen molar-refractivity contribution >= 4 is 34.7 Å². The van der Waals surface area contributed by atoms with Crippen molar-refractivity contribution in [2.24, 2.45) is 0 Å². The standard InChI is InChI=1S/C19H19NO4S/c1-3-12-9-17(25-11(12)2)19(23)24-10-16(21)14-4-6-15-13(8-14)5-7-18(22)20-15/h4,6,8-9H,3,5,7,10H2,1-2H3,(H,20,22). The predicted octanol–water partition coefficient (Wildman–Crippen LogP) is 3.54. The SMILES string of the molecule is CCc1cc(C(=O)OCC(=O)c2ccc3c(c2)CCC(=O)N3)sc1C. The van der Waals surface area contributed by atoms with Gasteiger partial charge in [0.25, 0.3) is 0 Å². The minimum Gasteiger partial charge on any atom is -0.453 e. The number of amides is 1. The van der Waals surface area contributed by atoms with Crippen molar-refractivity contribution in [3.8, 4) is 0 Å². The Morgan fingerprint density at radius 2 is 2.04 bits per heavy atom. The summed E-state index contributed by atoms with van der Waals surface area (Å²) >= 11 is 1.39. The fourth-order valence-electron chi connectivity index (χ4n) is 2.81. The molecule has 0 bridgehead atoms. The van der Waals surface area contributed by atoms with Crippen molar-refractivity contribution < 1.29 is 19.1 Å². The zero-order valence-corrected chi connectivity index (χ0v) is 15.0.